The summed E-state index contributed by atoms with van der Waals surface area (Å²) in [6.07, 6.45) is 2.31. The van der Waals surface area contributed by atoms with Crippen molar-refractivity contribution in [2.75, 3.05) is 19.7 Å². The number of nitrogens with zero attached hydrogens (tertiary/aromatic N) is 1. The maximum absolute atomic E-state index is 12.2. The van der Waals surface area contributed by atoms with Gasteiger partial charge >= 0.3 is 0 Å². The summed E-state index contributed by atoms with van der Waals surface area (Å²) in [5.74, 6) is 1.42. The van der Waals surface area contributed by atoms with Gasteiger partial charge in [-0.25, -0.2) is 0 Å². The molecule has 120 valence electrons. The molecule has 1 heterocycles. The van der Waals surface area contributed by atoms with E-state index >= 15 is 0 Å². The Morgan fingerprint density at radius 1 is 1.09 bits per heavy atom. The monoisotopic (exact) mass is 309 g/mol. The molecule has 0 saturated carbocycles. The van der Waals surface area contributed by atoms with Crippen LogP contribution in [0.15, 0.2) is 54.6 Å². The zero-order valence-corrected chi connectivity index (χ0v) is 13.6. The second kappa shape index (κ2) is 7.32. The minimum atomic E-state index is 0.0867. The summed E-state index contributed by atoms with van der Waals surface area (Å²) in [4.78, 5) is 14.1. The molecule has 1 aliphatic rings. The summed E-state index contributed by atoms with van der Waals surface area (Å²) in [6, 6.07) is 18.1. The van der Waals surface area contributed by atoms with Gasteiger partial charge in [0.05, 0.1) is 0 Å². The van der Waals surface area contributed by atoms with Crippen molar-refractivity contribution in [3.8, 4) is 16.9 Å². The normalized spacial score (nSPS) is 17.8. The predicted octanol–water partition coefficient (Wildman–Crippen LogP) is 3.99. The van der Waals surface area contributed by atoms with Crippen molar-refractivity contribution in [1.82, 2.24) is 4.90 Å². The molecule has 0 aliphatic carbocycles. The molecular formula is C20H23NO2. The maximum atomic E-state index is 12.2. The fourth-order valence-electron chi connectivity index (χ4n) is 3.03. The van der Waals surface area contributed by atoms with E-state index in [4.69, 9.17) is 4.74 Å². The van der Waals surface area contributed by atoms with E-state index in [-0.39, 0.29) is 12.5 Å². The Morgan fingerprint density at radius 3 is 2.48 bits per heavy atom. The topological polar surface area (TPSA) is 29.5 Å². The smallest absolute Gasteiger partial charge is 0.260 e. The summed E-state index contributed by atoms with van der Waals surface area (Å²) in [5, 5.41) is 0. The molecule has 2 aromatic rings. The lowest BCUT2D eigenvalue weighted by Gasteiger charge is -2.30. The number of hydrogen-bond donors (Lipinski definition) is 0. The lowest BCUT2D eigenvalue weighted by atomic mass is 10.0. The third-order valence-electron chi connectivity index (χ3n) is 4.33. The number of piperidine rings is 1. The SMILES string of the molecule is CC1CCCN(C(=O)COc2ccc(-c3ccccc3)cc2)C1. The molecule has 0 spiro atoms. The van der Waals surface area contributed by atoms with Gasteiger partial charge in [-0.15, -0.1) is 0 Å². The zero-order valence-electron chi connectivity index (χ0n) is 13.6. The van der Waals surface area contributed by atoms with Crippen molar-refractivity contribution < 1.29 is 9.53 Å². The molecule has 0 N–H and O–H groups in total. The molecule has 1 fully saturated rings. The molecule has 0 radical (unpaired) electrons. The summed E-state index contributed by atoms with van der Waals surface area (Å²) >= 11 is 0. The van der Waals surface area contributed by atoms with Gasteiger partial charge in [0, 0.05) is 13.1 Å². The number of hydrogen-bond acceptors (Lipinski definition) is 2. The third-order valence-corrected chi connectivity index (χ3v) is 4.33. The lowest BCUT2D eigenvalue weighted by molar-refractivity contribution is -0.135. The Morgan fingerprint density at radius 2 is 1.78 bits per heavy atom. The molecule has 1 aliphatic heterocycles. The number of carbonyl (C=O) groups is 1. The Kier molecular flexibility index (Phi) is 4.96. The predicted molar refractivity (Wildman–Crippen MR) is 92.4 cm³/mol. The van der Waals surface area contributed by atoms with Gasteiger partial charge in [0.25, 0.3) is 5.91 Å². The van der Waals surface area contributed by atoms with Gasteiger partial charge in [-0.3, -0.25) is 4.79 Å². The molecule has 1 saturated heterocycles. The van der Waals surface area contributed by atoms with Crippen molar-refractivity contribution in [3.05, 3.63) is 54.6 Å². The number of ether oxygens (including phenoxy) is 1. The molecule has 3 nitrogen and oxygen atoms in total. The Labute approximate surface area is 137 Å². The van der Waals surface area contributed by atoms with Crippen LogP contribution < -0.4 is 4.74 Å². The number of benzene rings is 2. The van der Waals surface area contributed by atoms with Crippen molar-refractivity contribution in [2.45, 2.75) is 19.8 Å². The number of amides is 1. The molecule has 2 aromatic carbocycles. The number of likely N-dealkylation sites (tertiary alicyclic amines) is 1. The second-order valence-electron chi connectivity index (χ2n) is 6.27. The van der Waals surface area contributed by atoms with E-state index in [9.17, 15) is 4.79 Å². The van der Waals surface area contributed by atoms with E-state index in [1.807, 2.05) is 47.4 Å². The largest absolute Gasteiger partial charge is 0.484 e. The fourth-order valence-corrected chi connectivity index (χ4v) is 3.03. The highest BCUT2D eigenvalue weighted by Crippen LogP contribution is 2.22. The quantitative estimate of drug-likeness (QED) is 0.854. The van der Waals surface area contributed by atoms with Crippen LogP contribution in [0.1, 0.15) is 19.8 Å². The van der Waals surface area contributed by atoms with E-state index < -0.39 is 0 Å². The Bertz CT molecular complexity index is 636. The summed E-state index contributed by atoms with van der Waals surface area (Å²) < 4.78 is 5.66. The molecule has 0 aromatic heterocycles. The highest BCUT2D eigenvalue weighted by atomic mass is 16.5. The summed E-state index contributed by atoms with van der Waals surface area (Å²) in [7, 11) is 0. The van der Waals surface area contributed by atoms with Crippen LogP contribution in [0.2, 0.25) is 0 Å². The van der Waals surface area contributed by atoms with Crippen LogP contribution in [0, 0.1) is 5.92 Å². The van der Waals surface area contributed by atoms with Gasteiger partial charge in [-0.2, -0.15) is 0 Å². The van der Waals surface area contributed by atoms with Crippen molar-refractivity contribution in [1.29, 1.82) is 0 Å². The van der Waals surface area contributed by atoms with Crippen LogP contribution in [-0.4, -0.2) is 30.5 Å². The zero-order chi connectivity index (χ0) is 16.1. The van der Waals surface area contributed by atoms with E-state index in [2.05, 4.69) is 19.1 Å². The van der Waals surface area contributed by atoms with Crippen LogP contribution >= 0.6 is 0 Å². The Hall–Kier alpha value is -2.29. The van der Waals surface area contributed by atoms with Crippen LogP contribution in [0.5, 0.6) is 5.75 Å². The average Bonchev–Trinajstić information content (AvgIpc) is 2.61. The number of rotatable bonds is 4. The van der Waals surface area contributed by atoms with Crippen LogP contribution in [0.4, 0.5) is 0 Å². The minimum absolute atomic E-state index is 0.0867. The van der Waals surface area contributed by atoms with Gasteiger partial charge in [-0.1, -0.05) is 49.4 Å². The molecule has 1 atom stereocenters. The first-order valence-electron chi connectivity index (χ1n) is 8.28. The lowest BCUT2D eigenvalue weighted by Crippen LogP contribution is -2.41. The minimum Gasteiger partial charge on any atom is -0.484 e. The standard InChI is InChI=1S/C20H23NO2/c1-16-6-5-13-21(14-16)20(22)15-23-19-11-9-18(10-12-19)17-7-3-2-4-8-17/h2-4,7-12,16H,5-6,13-15H2,1H3. The van der Waals surface area contributed by atoms with E-state index in [1.165, 1.54) is 12.0 Å². The van der Waals surface area contributed by atoms with Crippen LogP contribution in [0.3, 0.4) is 0 Å². The molecule has 23 heavy (non-hydrogen) atoms. The second-order valence-corrected chi connectivity index (χ2v) is 6.27. The first kappa shape index (κ1) is 15.6. The maximum Gasteiger partial charge on any atom is 0.260 e. The molecular weight excluding hydrogens is 286 g/mol. The van der Waals surface area contributed by atoms with E-state index in [0.717, 1.165) is 30.8 Å². The van der Waals surface area contributed by atoms with Crippen molar-refractivity contribution >= 4 is 5.91 Å². The molecule has 1 unspecified atom stereocenters. The summed E-state index contributed by atoms with van der Waals surface area (Å²) in [6.45, 7) is 4.04. The van der Waals surface area contributed by atoms with Gasteiger partial charge in [0.15, 0.2) is 6.61 Å². The first-order chi connectivity index (χ1) is 11.2. The highest BCUT2D eigenvalue weighted by Gasteiger charge is 2.21. The molecule has 3 rings (SSSR count). The highest BCUT2D eigenvalue weighted by molar-refractivity contribution is 5.78. The van der Waals surface area contributed by atoms with Crippen LogP contribution in [0.25, 0.3) is 11.1 Å². The Balaban J connectivity index is 1.55. The summed E-state index contributed by atoms with van der Waals surface area (Å²) in [5.41, 5.74) is 2.33. The van der Waals surface area contributed by atoms with Crippen LogP contribution in [-0.2, 0) is 4.79 Å². The third kappa shape index (κ3) is 4.13. The number of carbonyl (C=O) groups excluding carboxylic acids is 1. The van der Waals surface area contributed by atoms with E-state index in [0.29, 0.717) is 5.92 Å². The van der Waals surface area contributed by atoms with Gasteiger partial charge in [0.1, 0.15) is 5.75 Å². The fraction of sp³-hybridized carbons (Fsp3) is 0.350. The van der Waals surface area contributed by atoms with Gasteiger partial charge in [-0.05, 0) is 42.0 Å². The van der Waals surface area contributed by atoms with E-state index in [1.54, 1.807) is 0 Å². The van der Waals surface area contributed by atoms with Crippen molar-refractivity contribution in [2.24, 2.45) is 5.92 Å². The van der Waals surface area contributed by atoms with Gasteiger partial charge < -0.3 is 9.64 Å². The van der Waals surface area contributed by atoms with Crippen molar-refractivity contribution in [3.63, 3.8) is 0 Å². The molecule has 0 bridgehead atoms. The van der Waals surface area contributed by atoms with Gasteiger partial charge in [0.2, 0.25) is 0 Å². The molecule has 3 heteroatoms. The average molecular weight is 309 g/mol. The first-order valence-corrected chi connectivity index (χ1v) is 8.28. The molecule has 1 amide bonds.